The molecule has 3 rings (SSSR count). The average Bonchev–Trinajstić information content (AvgIpc) is 2.79. The first-order valence-corrected chi connectivity index (χ1v) is 12.1. The zero-order valence-corrected chi connectivity index (χ0v) is 18.9. The summed E-state index contributed by atoms with van der Waals surface area (Å²) in [6.07, 6.45) is 3.56. The highest BCUT2D eigenvalue weighted by Gasteiger charge is 2.29. The average molecular weight is 447 g/mol. The highest BCUT2D eigenvalue weighted by molar-refractivity contribution is 7.89. The molecular weight excluding hydrogens is 416 g/mol. The van der Waals surface area contributed by atoms with Crippen LogP contribution >= 0.6 is 0 Å². The fourth-order valence-corrected chi connectivity index (χ4v) is 5.29. The van der Waals surface area contributed by atoms with E-state index in [1.165, 1.54) is 10.4 Å². The van der Waals surface area contributed by atoms with Gasteiger partial charge in [-0.15, -0.1) is 0 Å². The topological polar surface area (TPSA) is 84.9 Å². The fraction of sp³-hybridized carbons (Fsp3) is 0.435. The van der Waals surface area contributed by atoms with Crippen LogP contribution in [-0.2, 0) is 21.2 Å². The third kappa shape index (κ3) is 5.98. The van der Waals surface area contributed by atoms with Crippen LogP contribution in [0.2, 0.25) is 0 Å². The van der Waals surface area contributed by atoms with E-state index in [0.29, 0.717) is 37.6 Å². The maximum atomic E-state index is 13.2. The molecular formula is C23H30N2O5S. The van der Waals surface area contributed by atoms with Crippen LogP contribution in [0.25, 0.3) is 0 Å². The van der Waals surface area contributed by atoms with Crippen molar-refractivity contribution in [3.63, 3.8) is 0 Å². The largest absolute Gasteiger partial charge is 0.497 e. The standard InChI is InChI=1S/C23H30N2O5S/c1-3-30-21-12-11-19(17-22(21)31(27,28)25-14-5-4-6-15-25)24-23(26)13-10-18-8-7-9-20(16-18)29-2/h7-9,11-12,16-17H,3-6,10,13-15H2,1-2H3,(H,24,26). The van der Waals surface area contributed by atoms with Crippen molar-refractivity contribution in [3.05, 3.63) is 48.0 Å². The molecule has 2 aromatic rings. The van der Waals surface area contributed by atoms with Gasteiger partial charge in [-0.2, -0.15) is 4.31 Å². The molecule has 0 atom stereocenters. The van der Waals surface area contributed by atoms with E-state index in [4.69, 9.17) is 9.47 Å². The molecule has 0 radical (unpaired) electrons. The molecule has 1 saturated heterocycles. The number of anilines is 1. The number of carbonyl (C=O) groups excluding carboxylic acids is 1. The van der Waals surface area contributed by atoms with Crippen molar-refractivity contribution < 1.29 is 22.7 Å². The van der Waals surface area contributed by atoms with Crippen molar-refractivity contribution in [3.8, 4) is 11.5 Å². The van der Waals surface area contributed by atoms with Crippen molar-refractivity contribution >= 4 is 21.6 Å². The summed E-state index contributed by atoms with van der Waals surface area (Å²) in [5.41, 5.74) is 1.43. The molecule has 168 valence electrons. The lowest BCUT2D eigenvalue weighted by Crippen LogP contribution is -2.35. The second-order valence-electron chi connectivity index (χ2n) is 7.46. The van der Waals surface area contributed by atoms with Crippen LogP contribution in [0.15, 0.2) is 47.4 Å². The minimum absolute atomic E-state index is 0.0989. The number of piperidine rings is 1. The van der Waals surface area contributed by atoms with E-state index in [-0.39, 0.29) is 17.2 Å². The molecule has 1 heterocycles. The maximum Gasteiger partial charge on any atom is 0.246 e. The van der Waals surface area contributed by atoms with E-state index in [9.17, 15) is 13.2 Å². The summed E-state index contributed by atoms with van der Waals surface area (Å²) in [4.78, 5) is 12.6. The third-order valence-corrected chi connectivity index (χ3v) is 7.15. The van der Waals surface area contributed by atoms with Gasteiger partial charge in [-0.3, -0.25) is 4.79 Å². The molecule has 1 amide bonds. The molecule has 2 aromatic carbocycles. The molecule has 1 aliphatic heterocycles. The van der Waals surface area contributed by atoms with E-state index in [1.54, 1.807) is 19.2 Å². The van der Waals surface area contributed by atoms with E-state index >= 15 is 0 Å². The summed E-state index contributed by atoms with van der Waals surface area (Å²) in [5, 5.41) is 2.82. The molecule has 0 bridgehead atoms. The number of aryl methyl sites for hydroxylation is 1. The van der Waals surface area contributed by atoms with Crippen molar-refractivity contribution in [2.45, 2.75) is 43.9 Å². The Kier molecular flexibility index (Phi) is 7.92. The van der Waals surface area contributed by atoms with Crippen LogP contribution in [0.3, 0.4) is 0 Å². The van der Waals surface area contributed by atoms with Gasteiger partial charge in [0, 0.05) is 25.2 Å². The van der Waals surface area contributed by atoms with Crippen LogP contribution in [0.5, 0.6) is 11.5 Å². The number of nitrogens with one attached hydrogen (secondary N) is 1. The van der Waals surface area contributed by atoms with Gasteiger partial charge >= 0.3 is 0 Å². The van der Waals surface area contributed by atoms with Gasteiger partial charge in [0.05, 0.1) is 13.7 Å². The van der Waals surface area contributed by atoms with E-state index in [1.807, 2.05) is 31.2 Å². The zero-order chi connectivity index (χ0) is 22.3. The first kappa shape index (κ1) is 23.1. The Morgan fingerprint density at radius 1 is 1.10 bits per heavy atom. The number of amides is 1. The first-order chi connectivity index (χ1) is 14.9. The lowest BCUT2D eigenvalue weighted by atomic mass is 10.1. The summed E-state index contributed by atoms with van der Waals surface area (Å²) in [6, 6.07) is 12.4. The first-order valence-electron chi connectivity index (χ1n) is 10.6. The van der Waals surface area contributed by atoms with E-state index in [2.05, 4.69) is 5.32 Å². The SMILES string of the molecule is CCOc1ccc(NC(=O)CCc2cccc(OC)c2)cc1S(=O)(=O)N1CCCCC1. The molecule has 1 N–H and O–H groups in total. The number of rotatable bonds is 9. The summed E-state index contributed by atoms with van der Waals surface area (Å²) < 4.78 is 38.7. The van der Waals surface area contributed by atoms with Crippen molar-refractivity contribution in [1.29, 1.82) is 0 Å². The van der Waals surface area contributed by atoms with Gasteiger partial charge in [-0.05, 0) is 62.1 Å². The fourth-order valence-electron chi connectivity index (χ4n) is 3.62. The third-order valence-electron chi connectivity index (χ3n) is 5.24. The Morgan fingerprint density at radius 2 is 1.87 bits per heavy atom. The maximum absolute atomic E-state index is 13.2. The summed E-state index contributed by atoms with van der Waals surface area (Å²) in [5.74, 6) is 0.868. The minimum atomic E-state index is -3.69. The Bertz CT molecular complexity index is 1000. The normalized spacial score (nSPS) is 14.8. The smallest absolute Gasteiger partial charge is 0.246 e. The van der Waals surface area contributed by atoms with E-state index in [0.717, 1.165) is 30.6 Å². The van der Waals surface area contributed by atoms with Gasteiger partial charge in [0.25, 0.3) is 0 Å². The summed E-state index contributed by atoms with van der Waals surface area (Å²) >= 11 is 0. The lowest BCUT2D eigenvalue weighted by molar-refractivity contribution is -0.116. The van der Waals surface area contributed by atoms with Gasteiger partial charge in [-0.25, -0.2) is 8.42 Å². The number of benzene rings is 2. The highest BCUT2D eigenvalue weighted by atomic mass is 32.2. The van der Waals surface area contributed by atoms with Gasteiger partial charge in [-0.1, -0.05) is 18.6 Å². The summed E-state index contributed by atoms with van der Waals surface area (Å²) in [6.45, 7) is 3.18. The molecule has 0 aromatic heterocycles. The lowest BCUT2D eigenvalue weighted by Gasteiger charge is -2.27. The molecule has 31 heavy (non-hydrogen) atoms. The molecule has 1 fully saturated rings. The van der Waals surface area contributed by atoms with Gasteiger partial charge in [0.1, 0.15) is 16.4 Å². The van der Waals surface area contributed by atoms with Crippen LogP contribution in [0.1, 0.15) is 38.2 Å². The van der Waals surface area contributed by atoms with Crippen molar-refractivity contribution in [1.82, 2.24) is 4.31 Å². The van der Waals surface area contributed by atoms with Gasteiger partial charge < -0.3 is 14.8 Å². The Hall–Kier alpha value is -2.58. The molecule has 0 saturated carbocycles. The number of carbonyl (C=O) groups is 1. The second-order valence-corrected chi connectivity index (χ2v) is 9.37. The van der Waals surface area contributed by atoms with Crippen LogP contribution in [0, 0.1) is 0 Å². The van der Waals surface area contributed by atoms with Gasteiger partial charge in [0.15, 0.2) is 0 Å². The zero-order valence-electron chi connectivity index (χ0n) is 18.1. The molecule has 0 unspecified atom stereocenters. The number of sulfonamides is 1. The van der Waals surface area contributed by atoms with Crippen molar-refractivity contribution in [2.24, 2.45) is 0 Å². The number of methoxy groups -OCH3 is 1. The number of ether oxygens (including phenoxy) is 2. The van der Waals surface area contributed by atoms with Crippen LogP contribution < -0.4 is 14.8 Å². The van der Waals surface area contributed by atoms with Crippen LogP contribution in [0.4, 0.5) is 5.69 Å². The molecule has 1 aliphatic rings. The minimum Gasteiger partial charge on any atom is -0.497 e. The molecule has 7 nitrogen and oxygen atoms in total. The Balaban J connectivity index is 1.73. The second kappa shape index (κ2) is 10.6. The quantitative estimate of drug-likeness (QED) is 0.633. The van der Waals surface area contributed by atoms with Crippen LogP contribution in [-0.4, -0.2) is 45.4 Å². The predicted octanol–water partition coefficient (Wildman–Crippen LogP) is 3.84. The number of nitrogens with zero attached hydrogens (tertiary/aromatic N) is 1. The van der Waals surface area contributed by atoms with E-state index < -0.39 is 10.0 Å². The Labute approximate surface area is 184 Å². The molecule has 8 heteroatoms. The highest BCUT2D eigenvalue weighted by Crippen LogP contribution is 2.31. The monoisotopic (exact) mass is 446 g/mol. The molecule has 0 spiro atoms. The number of hydrogen-bond donors (Lipinski definition) is 1. The summed E-state index contributed by atoms with van der Waals surface area (Å²) in [7, 11) is -2.09. The predicted molar refractivity (Wildman–Crippen MR) is 120 cm³/mol. The van der Waals surface area contributed by atoms with Crippen molar-refractivity contribution in [2.75, 3.05) is 32.1 Å². The van der Waals surface area contributed by atoms with Gasteiger partial charge in [0.2, 0.25) is 15.9 Å². The number of hydrogen-bond acceptors (Lipinski definition) is 5. The Morgan fingerprint density at radius 3 is 2.58 bits per heavy atom. The molecule has 0 aliphatic carbocycles.